The normalized spacial score (nSPS) is 12.3. The van der Waals surface area contributed by atoms with Crippen LogP contribution < -0.4 is 10.5 Å². The van der Waals surface area contributed by atoms with Gasteiger partial charge in [0, 0.05) is 5.56 Å². The Hall–Kier alpha value is -2.01. The molecule has 100 valence electrons. The monoisotopic (exact) mass is 267 g/mol. The Kier molecular flexibility index (Phi) is 3.76. The van der Waals surface area contributed by atoms with Crippen molar-refractivity contribution in [3.63, 3.8) is 0 Å². The van der Waals surface area contributed by atoms with E-state index < -0.39 is 23.5 Å². The van der Waals surface area contributed by atoms with Gasteiger partial charge >= 0.3 is 0 Å². The van der Waals surface area contributed by atoms with E-state index in [1.807, 2.05) is 0 Å². The number of hydrogen-bond donors (Lipinski definition) is 1. The molecule has 0 heterocycles. The van der Waals surface area contributed by atoms with Crippen molar-refractivity contribution in [2.45, 2.75) is 6.04 Å². The molecule has 5 heteroatoms. The summed E-state index contributed by atoms with van der Waals surface area (Å²) in [7, 11) is 1.30. The molecular weight excluding hydrogens is 255 g/mol. The SMILES string of the molecule is COc1cc(C(N)c2c(F)cccc2F)ccc1F. The first-order chi connectivity index (χ1) is 9.04. The molecule has 0 saturated heterocycles. The molecule has 2 aromatic carbocycles. The third kappa shape index (κ3) is 2.56. The van der Waals surface area contributed by atoms with Gasteiger partial charge in [-0.2, -0.15) is 0 Å². The molecule has 0 spiro atoms. The zero-order valence-electron chi connectivity index (χ0n) is 10.2. The largest absolute Gasteiger partial charge is 0.494 e. The van der Waals surface area contributed by atoms with E-state index in [0.717, 1.165) is 18.2 Å². The lowest BCUT2D eigenvalue weighted by Gasteiger charge is -2.15. The highest BCUT2D eigenvalue weighted by Gasteiger charge is 2.19. The van der Waals surface area contributed by atoms with Crippen molar-refractivity contribution in [2.24, 2.45) is 5.73 Å². The molecular formula is C14H12F3NO. The first kappa shape index (κ1) is 13.4. The molecule has 0 bridgehead atoms. The van der Waals surface area contributed by atoms with Crippen LogP contribution in [0.15, 0.2) is 36.4 Å². The van der Waals surface area contributed by atoms with Crippen LogP contribution in [0.1, 0.15) is 17.2 Å². The maximum absolute atomic E-state index is 13.6. The minimum atomic E-state index is -1.03. The summed E-state index contributed by atoms with van der Waals surface area (Å²) in [5.74, 6) is -2.07. The standard InChI is InChI=1S/C14H12F3NO/c1-19-12-7-8(5-6-9(12)15)14(18)13-10(16)3-2-4-11(13)17/h2-7,14H,18H2,1H3. The Morgan fingerprint density at radius 3 is 2.21 bits per heavy atom. The average molecular weight is 267 g/mol. The highest BCUT2D eigenvalue weighted by molar-refractivity contribution is 5.38. The summed E-state index contributed by atoms with van der Waals surface area (Å²) >= 11 is 0. The predicted molar refractivity (Wildman–Crippen MR) is 65.3 cm³/mol. The number of hydrogen-bond acceptors (Lipinski definition) is 2. The molecule has 0 fully saturated rings. The molecule has 1 atom stereocenters. The van der Waals surface area contributed by atoms with Crippen LogP contribution in [0.4, 0.5) is 13.2 Å². The Balaban J connectivity index is 2.47. The highest BCUT2D eigenvalue weighted by atomic mass is 19.1. The van der Waals surface area contributed by atoms with E-state index in [2.05, 4.69) is 0 Å². The fourth-order valence-corrected chi connectivity index (χ4v) is 1.84. The topological polar surface area (TPSA) is 35.2 Å². The van der Waals surface area contributed by atoms with Crippen LogP contribution in [0.5, 0.6) is 5.75 Å². The van der Waals surface area contributed by atoms with Crippen molar-refractivity contribution in [3.05, 3.63) is 65.0 Å². The predicted octanol–water partition coefficient (Wildman–Crippen LogP) is 3.16. The van der Waals surface area contributed by atoms with E-state index in [1.54, 1.807) is 0 Å². The van der Waals surface area contributed by atoms with E-state index in [4.69, 9.17) is 10.5 Å². The lowest BCUT2D eigenvalue weighted by molar-refractivity contribution is 0.385. The van der Waals surface area contributed by atoms with Crippen LogP contribution in [0.25, 0.3) is 0 Å². The summed E-state index contributed by atoms with van der Waals surface area (Å²) in [6, 6.07) is 6.31. The molecule has 0 aliphatic carbocycles. The lowest BCUT2D eigenvalue weighted by atomic mass is 9.98. The zero-order chi connectivity index (χ0) is 14.0. The van der Waals surface area contributed by atoms with Crippen molar-refractivity contribution in [3.8, 4) is 5.75 Å². The van der Waals surface area contributed by atoms with Gasteiger partial charge in [0.2, 0.25) is 0 Å². The molecule has 2 aromatic rings. The van der Waals surface area contributed by atoms with Gasteiger partial charge in [0.05, 0.1) is 13.2 Å². The van der Waals surface area contributed by atoms with Crippen LogP contribution in [0, 0.1) is 17.5 Å². The van der Waals surface area contributed by atoms with Crippen molar-refractivity contribution < 1.29 is 17.9 Å². The Morgan fingerprint density at radius 1 is 1.00 bits per heavy atom. The summed E-state index contributed by atoms with van der Waals surface area (Å²) in [6.07, 6.45) is 0. The summed E-state index contributed by atoms with van der Waals surface area (Å²) in [5.41, 5.74) is 5.94. The number of nitrogens with two attached hydrogens (primary N) is 1. The van der Waals surface area contributed by atoms with Gasteiger partial charge in [-0.25, -0.2) is 13.2 Å². The molecule has 2 N–H and O–H groups in total. The summed E-state index contributed by atoms with van der Waals surface area (Å²) in [4.78, 5) is 0. The smallest absolute Gasteiger partial charge is 0.165 e. The molecule has 2 rings (SSSR count). The fourth-order valence-electron chi connectivity index (χ4n) is 1.84. The third-order valence-corrected chi connectivity index (χ3v) is 2.85. The lowest BCUT2D eigenvalue weighted by Crippen LogP contribution is -2.15. The number of halogens is 3. The number of rotatable bonds is 3. The van der Waals surface area contributed by atoms with Crippen molar-refractivity contribution in [1.29, 1.82) is 0 Å². The maximum Gasteiger partial charge on any atom is 0.165 e. The van der Waals surface area contributed by atoms with E-state index >= 15 is 0 Å². The van der Waals surface area contributed by atoms with Crippen LogP contribution in [-0.2, 0) is 0 Å². The van der Waals surface area contributed by atoms with Crippen molar-refractivity contribution >= 4 is 0 Å². The molecule has 0 aromatic heterocycles. The van der Waals surface area contributed by atoms with Gasteiger partial charge in [0.15, 0.2) is 11.6 Å². The minimum Gasteiger partial charge on any atom is -0.494 e. The number of ether oxygens (including phenoxy) is 1. The van der Waals surface area contributed by atoms with Crippen LogP contribution in [0.3, 0.4) is 0 Å². The molecule has 0 saturated carbocycles. The second-order valence-corrected chi connectivity index (χ2v) is 4.01. The van der Waals surface area contributed by atoms with Gasteiger partial charge in [-0.1, -0.05) is 12.1 Å². The van der Waals surface area contributed by atoms with E-state index in [0.29, 0.717) is 5.56 Å². The molecule has 1 unspecified atom stereocenters. The molecule has 19 heavy (non-hydrogen) atoms. The summed E-state index contributed by atoms with van der Waals surface area (Å²) < 4.78 is 45.3. The average Bonchev–Trinajstić information content (AvgIpc) is 2.39. The van der Waals surface area contributed by atoms with Crippen LogP contribution >= 0.6 is 0 Å². The Morgan fingerprint density at radius 2 is 1.63 bits per heavy atom. The molecule has 0 amide bonds. The second kappa shape index (κ2) is 5.32. The van der Waals surface area contributed by atoms with Gasteiger partial charge in [-0.15, -0.1) is 0 Å². The van der Waals surface area contributed by atoms with E-state index in [1.165, 1.54) is 25.3 Å². The van der Waals surface area contributed by atoms with Crippen LogP contribution in [-0.4, -0.2) is 7.11 Å². The quantitative estimate of drug-likeness (QED) is 0.927. The Labute approximate surface area is 108 Å². The van der Waals surface area contributed by atoms with Gasteiger partial charge in [-0.05, 0) is 29.8 Å². The van der Waals surface area contributed by atoms with Crippen molar-refractivity contribution in [1.82, 2.24) is 0 Å². The third-order valence-electron chi connectivity index (χ3n) is 2.85. The van der Waals surface area contributed by atoms with Gasteiger partial charge in [0.1, 0.15) is 11.6 Å². The second-order valence-electron chi connectivity index (χ2n) is 4.01. The van der Waals surface area contributed by atoms with E-state index in [9.17, 15) is 13.2 Å². The number of methoxy groups -OCH3 is 1. The summed E-state index contributed by atoms with van der Waals surface area (Å²) in [5, 5.41) is 0. The fraction of sp³-hybridized carbons (Fsp3) is 0.143. The molecule has 2 nitrogen and oxygen atoms in total. The van der Waals surface area contributed by atoms with Crippen LogP contribution in [0.2, 0.25) is 0 Å². The summed E-state index contributed by atoms with van der Waals surface area (Å²) in [6.45, 7) is 0. The first-order valence-electron chi connectivity index (χ1n) is 5.57. The van der Waals surface area contributed by atoms with Gasteiger partial charge < -0.3 is 10.5 Å². The van der Waals surface area contributed by atoms with Crippen molar-refractivity contribution in [2.75, 3.05) is 7.11 Å². The number of benzene rings is 2. The van der Waals surface area contributed by atoms with Gasteiger partial charge in [-0.3, -0.25) is 0 Å². The minimum absolute atomic E-state index is 0.0234. The Bertz CT molecular complexity index is 581. The molecule has 0 aliphatic rings. The highest BCUT2D eigenvalue weighted by Crippen LogP contribution is 2.28. The molecule has 0 aliphatic heterocycles. The van der Waals surface area contributed by atoms with E-state index in [-0.39, 0.29) is 11.3 Å². The first-order valence-corrected chi connectivity index (χ1v) is 5.57. The zero-order valence-corrected chi connectivity index (χ0v) is 10.2. The van der Waals surface area contributed by atoms with Gasteiger partial charge in [0.25, 0.3) is 0 Å². The molecule has 0 radical (unpaired) electrons. The maximum atomic E-state index is 13.6.